The van der Waals surface area contributed by atoms with Crippen molar-refractivity contribution in [1.29, 1.82) is 0 Å². The molecule has 0 unspecified atom stereocenters. The van der Waals surface area contributed by atoms with Crippen molar-refractivity contribution in [2.45, 2.75) is 101 Å². The van der Waals surface area contributed by atoms with Gasteiger partial charge in [-0.2, -0.15) is 0 Å². The molecule has 2 rings (SSSR count). The Morgan fingerprint density at radius 2 is 1.32 bits per heavy atom. The maximum absolute atomic E-state index is 14.6. The summed E-state index contributed by atoms with van der Waals surface area (Å²) in [5.41, 5.74) is 1.87. The van der Waals surface area contributed by atoms with Gasteiger partial charge in [0.1, 0.15) is 0 Å². The van der Waals surface area contributed by atoms with Crippen LogP contribution in [0, 0.1) is 0 Å². The summed E-state index contributed by atoms with van der Waals surface area (Å²) in [6.45, 7) is 12.8. The average molecular weight is 635 g/mol. The predicted octanol–water partition coefficient (Wildman–Crippen LogP) is 8.13. The molecule has 0 saturated carbocycles. The van der Waals surface area contributed by atoms with Gasteiger partial charge < -0.3 is 0 Å². The number of hydrogen-bond donors (Lipinski definition) is 1. The van der Waals surface area contributed by atoms with E-state index in [0.717, 1.165) is 49.7 Å². The normalized spacial score (nSPS) is 14.0. The molecule has 0 amide bonds. The van der Waals surface area contributed by atoms with Crippen molar-refractivity contribution in [3.05, 3.63) is 78.4 Å². The Hall–Kier alpha value is -1.15. The zero-order valence-corrected chi connectivity index (χ0v) is 27.2. The quantitative estimate of drug-likeness (QED) is 0.133. The van der Waals surface area contributed by atoms with Gasteiger partial charge in [0.2, 0.25) is 0 Å². The molecule has 0 saturated heterocycles. The molecular formula is C31H49NO3SSn. The summed E-state index contributed by atoms with van der Waals surface area (Å²) in [4.78, 5) is 0.303. The van der Waals surface area contributed by atoms with Crippen molar-refractivity contribution in [3.63, 3.8) is 0 Å². The number of rotatable bonds is 18. The minimum absolute atomic E-state index is 0.0981. The van der Waals surface area contributed by atoms with Gasteiger partial charge >= 0.3 is 232 Å². The topological polar surface area (TPSA) is 57.6 Å². The molecule has 1 N–H and O–H groups in total. The standard InChI is InChI=1S/C19H22NO3S.3C4H9.Sn/c1-16(2)13-14-20(19(15-21)17-9-5-3-6-10-17)24(22,23)18-11-7-4-8-12-18;3*1-3-4-2;/h3-12,14,19,21H,1,13,15H2,2H3;3*1,3-4H2,2H3;/t19-;;;;/m0..../s1. The van der Waals surface area contributed by atoms with Crippen LogP contribution in [0.1, 0.15) is 84.2 Å². The van der Waals surface area contributed by atoms with Crippen LogP contribution < -0.4 is 0 Å². The molecule has 2 atom stereocenters. The molecule has 2 aromatic carbocycles. The Morgan fingerprint density at radius 1 is 0.865 bits per heavy atom. The number of nitrogens with zero attached hydrogens (tertiary/aromatic N) is 1. The van der Waals surface area contributed by atoms with Gasteiger partial charge in [0.15, 0.2) is 0 Å². The van der Waals surface area contributed by atoms with Crippen LogP contribution in [-0.2, 0) is 10.0 Å². The molecule has 0 bridgehead atoms. The van der Waals surface area contributed by atoms with Crippen LogP contribution in [0.25, 0.3) is 0 Å². The van der Waals surface area contributed by atoms with Crippen LogP contribution >= 0.6 is 0 Å². The molecule has 6 heteroatoms. The first-order chi connectivity index (χ1) is 17.8. The van der Waals surface area contributed by atoms with Gasteiger partial charge in [-0.25, -0.2) is 0 Å². The second-order valence-electron chi connectivity index (χ2n) is 10.6. The summed E-state index contributed by atoms with van der Waals surface area (Å²) in [5, 5.41) is 10.8. The average Bonchev–Trinajstić information content (AvgIpc) is 2.91. The fourth-order valence-corrected chi connectivity index (χ4v) is 28.3. The monoisotopic (exact) mass is 635 g/mol. The number of aliphatic hydroxyl groups is 1. The molecule has 0 radical (unpaired) electrons. The number of sulfonamides is 1. The van der Waals surface area contributed by atoms with Gasteiger partial charge in [-0.05, 0) is 0 Å². The zero-order chi connectivity index (χ0) is 27.3. The van der Waals surface area contributed by atoms with Crippen LogP contribution in [0.3, 0.4) is 0 Å². The van der Waals surface area contributed by atoms with E-state index in [0.29, 0.717) is 11.3 Å². The molecule has 0 fully saturated rings. The van der Waals surface area contributed by atoms with Crippen molar-refractivity contribution in [3.8, 4) is 0 Å². The maximum atomic E-state index is 14.6. The Balaban J connectivity index is 2.87. The van der Waals surface area contributed by atoms with Gasteiger partial charge in [-0.1, -0.05) is 0 Å². The summed E-state index contributed by atoms with van der Waals surface area (Å²) in [6, 6.07) is 17.9. The third-order valence-electron chi connectivity index (χ3n) is 7.62. The van der Waals surface area contributed by atoms with Gasteiger partial charge in [0, 0.05) is 0 Å². The summed E-state index contributed by atoms with van der Waals surface area (Å²) in [7, 11) is -3.88. The van der Waals surface area contributed by atoms with E-state index in [9.17, 15) is 13.5 Å². The van der Waals surface area contributed by atoms with E-state index < -0.39 is 34.4 Å². The molecular weight excluding hydrogens is 585 g/mol. The second kappa shape index (κ2) is 16.1. The van der Waals surface area contributed by atoms with Crippen LogP contribution in [-0.4, -0.2) is 46.9 Å². The molecule has 0 heterocycles. The number of hydrogen-bond acceptors (Lipinski definition) is 3. The Labute approximate surface area is 231 Å². The third-order valence-corrected chi connectivity index (χ3v) is 27.1. The molecule has 206 valence electrons. The van der Waals surface area contributed by atoms with Crippen molar-refractivity contribution >= 4 is 28.4 Å². The Bertz CT molecular complexity index is 1010. The van der Waals surface area contributed by atoms with E-state index in [4.69, 9.17) is 0 Å². The van der Waals surface area contributed by atoms with Crippen molar-refractivity contribution in [2.24, 2.45) is 0 Å². The molecule has 0 aromatic heterocycles. The van der Waals surface area contributed by atoms with Crippen LogP contribution in [0.2, 0.25) is 13.3 Å². The van der Waals surface area contributed by atoms with Crippen molar-refractivity contribution in [2.75, 3.05) is 6.61 Å². The first kappa shape index (κ1) is 32.1. The summed E-state index contributed by atoms with van der Waals surface area (Å²) in [6.07, 6.45) is 7.45. The molecule has 37 heavy (non-hydrogen) atoms. The minimum atomic E-state index is -3.88. The first-order valence-corrected chi connectivity index (χ1v) is 23.3. The number of benzene rings is 2. The SMILES string of the molecule is C=C(C)C[C@H](N([C@@H](CO)c1ccccc1)S(=O)(=O)c1ccccc1)[Sn]([CH2]CCC)([CH2]CCC)[CH2]CCC. The molecule has 0 spiro atoms. The Morgan fingerprint density at radius 3 is 1.73 bits per heavy atom. The van der Waals surface area contributed by atoms with E-state index in [1.54, 1.807) is 28.6 Å². The van der Waals surface area contributed by atoms with Crippen molar-refractivity contribution < 1.29 is 13.5 Å². The van der Waals surface area contributed by atoms with Gasteiger partial charge in [0.05, 0.1) is 0 Å². The fourth-order valence-electron chi connectivity index (χ4n) is 5.64. The summed E-state index contributed by atoms with van der Waals surface area (Å²) < 4.78 is 34.4. The van der Waals surface area contributed by atoms with E-state index >= 15 is 0 Å². The fraction of sp³-hybridized carbons (Fsp3) is 0.548. The Kier molecular flexibility index (Phi) is 13.9. The van der Waals surface area contributed by atoms with Crippen LogP contribution in [0.15, 0.2) is 77.7 Å². The van der Waals surface area contributed by atoms with E-state index in [1.807, 2.05) is 43.3 Å². The molecule has 0 aliphatic heterocycles. The molecule has 0 aliphatic rings. The van der Waals surface area contributed by atoms with Crippen LogP contribution in [0.5, 0.6) is 0 Å². The summed E-state index contributed by atoms with van der Waals surface area (Å²) >= 11 is -3.21. The molecule has 4 nitrogen and oxygen atoms in total. The van der Waals surface area contributed by atoms with Gasteiger partial charge in [-0.3, -0.25) is 0 Å². The second-order valence-corrected chi connectivity index (χ2v) is 26.4. The summed E-state index contributed by atoms with van der Waals surface area (Å²) in [5.74, 6) is 0. The molecule has 2 aromatic rings. The zero-order valence-electron chi connectivity index (χ0n) is 23.5. The van der Waals surface area contributed by atoms with Crippen molar-refractivity contribution in [1.82, 2.24) is 4.31 Å². The predicted molar refractivity (Wildman–Crippen MR) is 160 cm³/mol. The molecule has 0 aliphatic carbocycles. The first-order valence-electron chi connectivity index (χ1n) is 14.2. The number of aliphatic hydroxyl groups excluding tert-OH is 1. The van der Waals surface area contributed by atoms with Gasteiger partial charge in [0.25, 0.3) is 0 Å². The van der Waals surface area contributed by atoms with E-state index in [1.165, 1.54) is 13.3 Å². The third kappa shape index (κ3) is 8.67. The van der Waals surface area contributed by atoms with E-state index in [-0.39, 0.29) is 10.7 Å². The number of unbranched alkanes of at least 4 members (excludes halogenated alkanes) is 3. The van der Waals surface area contributed by atoms with Gasteiger partial charge in [-0.15, -0.1) is 0 Å². The van der Waals surface area contributed by atoms with Crippen LogP contribution in [0.4, 0.5) is 0 Å². The van der Waals surface area contributed by atoms with E-state index in [2.05, 4.69) is 27.4 Å².